The molecule has 0 spiro atoms. The zero-order valence-corrected chi connectivity index (χ0v) is 10.7. The van der Waals surface area contributed by atoms with Crippen molar-refractivity contribution in [3.8, 4) is 0 Å². The highest BCUT2D eigenvalue weighted by Crippen LogP contribution is 2.20. The molecule has 2 aliphatic rings. The number of thioether (sulfide) groups is 1. The number of halogens is 1. The van der Waals surface area contributed by atoms with Crippen LogP contribution in [0.1, 0.15) is 19.3 Å². The SMILES string of the molecule is ClCC1CSCCN1CC1CCCCO1. The first kappa shape index (κ1) is 12.0. The van der Waals surface area contributed by atoms with Gasteiger partial charge in [-0.1, -0.05) is 0 Å². The van der Waals surface area contributed by atoms with E-state index in [0.717, 1.165) is 19.0 Å². The van der Waals surface area contributed by atoms with Crippen molar-refractivity contribution in [2.24, 2.45) is 0 Å². The molecule has 2 saturated heterocycles. The zero-order chi connectivity index (χ0) is 10.5. The van der Waals surface area contributed by atoms with Gasteiger partial charge in [-0.05, 0) is 19.3 Å². The second-order valence-electron chi connectivity index (χ2n) is 4.37. The van der Waals surface area contributed by atoms with E-state index in [4.69, 9.17) is 16.3 Å². The van der Waals surface area contributed by atoms with Gasteiger partial charge in [0.15, 0.2) is 0 Å². The lowest BCUT2D eigenvalue weighted by atomic mass is 10.1. The highest BCUT2D eigenvalue weighted by Gasteiger charge is 2.25. The average Bonchev–Trinajstić information content (AvgIpc) is 2.31. The Morgan fingerprint density at radius 1 is 1.40 bits per heavy atom. The largest absolute Gasteiger partial charge is 0.377 e. The third-order valence-electron chi connectivity index (χ3n) is 3.24. The van der Waals surface area contributed by atoms with Gasteiger partial charge in [0.25, 0.3) is 0 Å². The molecule has 4 heteroatoms. The van der Waals surface area contributed by atoms with E-state index in [2.05, 4.69) is 4.90 Å². The number of rotatable bonds is 3. The molecule has 2 atom stereocenters. The number of alkyl halides is 1. The molecule has 2 fully saturated rings. The Kier molecular flexibility index (Phi) is 5.08. The van der Waals surface area contributed by atoms with Crippen molar-refractivity contribution in [2.75, 3.05) is 37.1 Å². The molecule has 2 unspecified atom stereocenters. The normalized spacial score (nSPS) is 34.2. The maximum atomic E-state index is 6.00. The Hall–Kier alpha value is 0.560. The van der Waals surface area contributed by atoms with Crippen molar-refractivity contribution in [3.05, 3.63) is 0 Å². The van der Waals surface area contributed by atoms with Gasteiger partial charge in [0, 0.05) is 43.1 Å². The molecule has 0 aromatic carbocycles. The second-order valence-corrected chi connectivity index (χ2v) is 5.82. The monoisotopic (exact) mass is 249 g/mol. The number of nitrogens with zero attached hydrogens (tertiary/aromatic N) is 1. The molecule has 0 saturated carbocycles. The van der Waals surface area contributed by atoms with Gasteiger partial charge in [-0.3, -0.25) is 4.90 Å². The van der Waals surface area contributed by atoms with Crippen molar-refractivity contribution in [1.82, 2.24) is 4.90 Å². The van der Waals surface area contributed by atoms with Gasteiger partial charge < -0.3 is 4.74 Å². The third kappa shape index (κ3) is 3.52. The van der Waals surface area contributed by atoms with Gasteiger partial charge >= 0.3 is 0 Å². The number of hydrogen-bond donors (Lipinski definition) is 0. The summed E-state index contributed by atoms with van der Waals surface area (Å²) in [5.41, 5.74) is 0. The number of ether oxygens (including phenoxy) is 1. The summed E-state index contributed by atoms with van der Waals surface area (Å²) < 4.78 is 5.78. The van der Waals surface area contributed by atoms with Crippen LogP contribution in [-0.4, -0.2) is 54.1 Å². The summed E-state index contributed by atoms with van der Waals surface area (Å²) in [4.78, 5) is 2.53. The molecule has 2 aliphatic heterocycles. The van der Waals surface area contributed by atoms with Crippen LogP contribution < -0.4 is 0 Å². The lowest BCUT2D eigenvalue weighted by Gasteiger charge is -2.37. The Morgan fingerprint density at radius 3 is 3.07 bits per heavy atom. The van der Waals surface area contributed by atoms with E-state index in [0.29, 0.717) is 12.1 Å². The lowest BCUT2D eigenvalue weighted by Crippen LogP contribution is -2.47. The minimum Gasteiger partial charge on any atom is -0.377 e. The summed E-state index contributed by atoms with van der Waals surface area (Å²) in [5.74, 6) is 3.20. The van der Waals surface area contributed by atoms with Gasteiger partial charge in [0.1, 0.15) is 0 Å². The fourth-order valence-electron chi connectivity index (χ4n) is 2.28. The van der Waals surface area contributed by atoms with E-state index in [1.54, 1.807) is 0 Å². The van der Waals surface area contributed by atoms with E-state index in [9.17, 15) is 0 Å². The highest BCUT2D eigenvalue weighted by molar-refractivity contribution is 7.99. The van der Waals surface area contributed by atoms with E-state index < -0.39 is 0 Å². The van der Waals surface area contributed by atoms with E-state index in [1.165, 1.54) is 37.3 Å². The van der Waals surface area contributed by atoms with Gasteiger partial charge in [0.05, 0.1) is 6.10 Å². The van der Waals surface area contributed by atoms with Crippen LogP contribution in [0.2, 0.25) is 0 Å². The smallest absolute Gasteiger partial charge is 0.0702 e. The summed E-state index contributed by atoms with van der Waals surface area (Å²) in [5, 5.41) is 0. The Bertz CT molecular complexity index is 187. The standard InChI is InChI=1S/C11H20ClNOS/c12-7-10-9-15-6-4-13(10)8-11-3-1-2-5-14-11/h10-11H,1-9H2. The van der Waals surface area contributed by atoms with Crippen molar-refractivity contribution < 1.29 is 4.74 Å². The summed E-state index contributed by atoms with van der Waals surface area (Å²) in [6, 6.07) is 0.566. The van der Waals surface area contributed by atoms with E-state index in [-0.39, 0.29) is 0 Å². The molecule has 0 N–H and O–H groups in total. The summed E-state index contributed by atoms with van der Waals surface area (Å²) in [6.45, 7) is 3.23. The predicted octanol–water partition coefficient (Wildman–Crippen LogP) is 2.21. The second kappa shape index (κ2) is 6.33. The molecule has 15 heavy (non-hydrogen) atoms. The van der Waals surface area contributed by atoms with Crippen LogP contribution in [0.25, 0.3) is 0 Å². The quantitative estimate of drug-likeness (QED) is 0.712. The van der Waals surface area contributed by atoms with Crippen molar-refractivity contribution in [2.45, 2.75) is 31.4 Å². The van der Waals surface area contributed by atoms with Crippen LogP contribution in [0.3, 0.4) is 0 Å². The Morgan fingerprint density at radius 2 is 2.33 bits per heavy atom. The minimum atomic E-state index is 0.465. The number of hydrogen-bond acceptors (Lipinski definition) is 3. The molecule has 0 aliphatic carbocycles. The molecule has 2 rings (SSSR count). The van der Waals surface area contributed by atoms with Crippen molar-refractivity contribution in [1.29, 1.82) is 0 Å². The van der Waals surface area contributed by atoms with Crippen LogP contribution in [0, 0.1) is 0 Å². The van der Waals surface area contributed by atoms with Crippen LogP contribution in [0.4, 0.5) is 0 Å². The molecule has 0 radical (unpaired) electrons. The molecule has 2 nitrogen and oxygen atoms in total. The van der Waals surface area contributed by atoms with Crippen LogP contribution in [-0.2, 0) is 4.74 Å². The molecule has 0 amide bonds. The van der Waals surface area contributed by atoms with Crippen molar-refractivity contribution >= 4 is 23.4 Å². The van der Waals surface area contributed by atoms with E-state index in [1.807, 2.05) is 11.8 Å². The molecule has 0 bridgehead atoms. The molecule has 88 valence electrons. The Balaban J connectivity index is 1.79. The van der Waals surface area contributed by atoms with Gasteiger partial charge in [-0.2, -0.15) is 11.8 Å². The summed E-state index contributed by atoms with van der Waals surface area (Å²) in [6.07, 6.45) is 4.27. The zero-order valence-electron chi connectivity index (χ0n) is 9.16. The van der Waals surface area contributed by atoms with Gasteiger partial charge in [-0.15, -0.1) is 11.6 Å². The molecular formula is C11H20ClNOS. The minimum absolute atomic E-state index is 0.465. The van der Waals surface area contributed by atoms with Gasteiger partial charge in [0.2, 0.25) is 0 Å². The Labute approximate surface area is 102 Å². The maximum Gasteiger partial charge on any atom is 0.0702 e. The van der Waals surface area contributed by atoms with Crippen LogP contribution >= 0.6 is 23.4 Å². The average molecular weight is 250 g/mol. The summed E-state index contributed by atoms with van der Waals surface area (Å²) >= 11 is 8.02. The summed E-state index contributed by atoms with van der Waals surface area (Å²) in [7, 11) is 0. The highest BCUT2D eigenvalue weighted by atomic mass is 35.5. The lowest BCUT2D eigenvalue weighted by molar-refractivity contribution is -0.00984. The molecule has 2 heterocycles. The van der Waals surface area contributed by atoms with Crippen LogP contribution in [0.5, 0.6) is 0 Å². The van der Waals surface area contributed by atoms with Gasteiger partial charge in [-0.25, -0.2) is 0 Å². The maximum absolute atomic E-state index is 6.00. The van der Waals surface area contributed by atoms with Crippen molar-refractivity contribution in [3.63, 3.8) is 0 Å². The predicted molar refractivity (Wildman–Crippen MR) is 67.0 cm³/mol. The first-order valence-corrected chi connectivity index (χ1v) is 7.58. The molecule has 0 aromatic heterocycles. The first-order valence-electron chi connectivity index (χ1n) is 5.89. The molecular weight excluding hydrogens is 230 g/mol. The topological polar surface area (TPSA) is 12.5 Å². The first-order chi connectivity index (χ1) is 7.40. The third-order valence-corrected chi connectivity index (χ3v) is 4.69. The van der Waals surface area contributed by atoms with E-state index >= 15 is 0 Å². The fourth-order valence-corrected chi connectivity index (χ4v) is 3.85. The fraction of sp³-hybridized carbons (Fsp3) is 1.00. The molecule has 0 aromatic rings. The van der Waals surface area contributed by atoms with Crippen LogP contribution in [0.15, 0.2) is 0 Å².